The lowest BCUT2D eigenvalue weighted by Crippen LogP contribution is -2.09. The summed E-state index contributed by atoms with van der Waals surface area (Å²) >= 11 is 0. The van der Waals surface area contributed by atoms with Gasteiger partial charge in [0, 0.05) is 11.3 Å². The molecule has 0 aromatic heterocycles. The fraction of sp³-hybridized carbons (Fsp3) is 0.294. The van der Waals surface area contributed by atoms with E-state index in [-0.39, 0.29) is 6.04 Å². The SMILES string of the molecule is CC(C)c1cccc(NC(C)c2cc(F)ccc2F)c1. The third-order valence-corrected chi connectivity index (χ3v) is 3.36. The topological polar surface area (TPSA) is 12.0 Å². The summed E-state index contributed by atoms with van der Waals surface area (Å²) in [4.78, 5) is 0. The Hall–Kier alpha value is -1.90. The van der Waals surface area contributed by atoms with Crippen LogP contribution < -0.4 is 5.32 Å². The third-order valence-electron chi connectivity index (χ3n) is 3.36. The molecule has 1 nitrogen and oxygen atoms in total. The summed E-state index contributed by atoms with van der Waals surface area (Å²) in [5.41, 5.74) is 2.45. The Labute approximate surface area is 118 Å². The Kier molecular flexibility index (Phi) is 4.38. The molecule has 0 bridgehead atoms. The Bertz CT molecular complexity index is 593. The van der Waals surface area contributed by atoms with E-state index in [2.05, 4.69) is 25.2 Å². The van der Waals surface area contributed by atoms with Gasteiger partial charge in [0.25, 0.3) is 0 Å². The summed E-state index contributed by atoms with van der Waals surface area (Å²) in [6.45, 7) is 6.06. The van der Waals surface area contributed by atoms with Crippen molar-refractivity contribution in [1.29, 1.82) is 0 Å². The van der Waals surface area contributed by atoms with Crippen LogP contribution in [0.2, 0.25) is 0 Å². The van der Waals surface area contributed by atoms with Gasteiger partial charge in [-0.2, -0.15) is 0 Å². The van der Waals surface area contributed by atoms with Gasteiger partial charge in [0.2, 0.25) is 0 Å². The maximum atomic E-state index is 13.7. The highest BCUT2D eigenvalue weighted by Crippen LogP contribution is 2.24. The monoisotopic (exact) mass is 275 g/mol. The van der Waals surface area contributed by atoms with Crippen molar-refractivity contribution in [2.45, 2.75) is 32.7 Å². The van der Waals surface area contributed by atoms with Crippen molar-refractivity contribution in [3.8, 4) is 0 Å². The van der Waals surface area contributed by atoms with Crippen LogP contribution in [-0.4, -0.2) is 0 Å². The lowest BCUT2D eigenvalue weighted by molar-refractivity contribution is 0.577. The molecule has 3 heteroatoms. The normalized spacial score (nSPS) is 12.5. The average Bonchev–Trinajstić information content (AvgIpc) is 2.41. The van der Waals surface area contributed by atoms with Gasteiger partial charge < -0.3 is 5.32 Å². The van der Waals surface area contributed by atoms with E-state index in [1.165, 1.54) is 11.6 Å². The fourth-order valence-corrected chi connectivity index (χ4v) is 2.16. The molecule has 0 saturated carbocycles. The molecular formula is C17H19F2N. The first-order chi connectivity index (χ1) is 9.47. The number of halogens is 2. The minimum absolute atomic E-state index is 0.298. The molecule has 0 aliphatic rings. The lowest BCUT2D eigenvalue weighted by Gasteiger charge is -2.17. The number of rotatable bonds is 4. The summed E-state index contributed by atoms with van der Waals surface area (Å²) in [6, 6.07) is 11.2. The van der Waals surface area contributed by atoms with Crippen molar-refractivity contribution in [3.63, 3.8) is 0 Å². The number of hydrogen-bond donors (Lipinski definition) is 1. The molecule has 1 unspecified atom stereocenters. The highest BCUT2D eigenvalue weighted by Gasteiger charge is 2.12. The quantitative estimate of drug-likeness (QED) is 0.802. The second-order valence-corrected chi connectivity index (χ2v) is 5.31. The molecule has 0 amide bonds. The van der Waals surface area contributed by atoms with E-state index in [4.69, 9.17) is 0 Å². The first kappa shape index (κ1) is 14.5. The minimum atomic E-state index is -0.425. The Morgan fingerprint density at radius 2 is 1.70 bits per heavy atom. The summed E-state index contributed by atoms with van der Waals surface area (Å²) in [5, 5.41) is 3.21. The van der Waals surface area contributed by atoms with E-state index < -0.39 is 11.6 Å². The van der Waals surface area contributed by atoms with Gasteiger partial charge >= 0.3 is 0 Å². The van der Waals surface area contributed by atoms with Crippen molar-refractivity contribution < 1.29 is 8.78 Å². The van der Waals surface area contributed by atoms with E-state index >= 15 is 0 Å². The van der Waals surface area contributed by atoms with Crippen molar-refractivity contribution in [1.82, 2.24) is 0 Å². The van der Waals surface area contributed by atoms with Gasteiger partial charge in [-0.15, -0.1) is 0 Å². The lowest BCUT2D eigenvalue weighted by atomic mass is 10.0. The summed E-state index contributed by atoms with van der Waals surface area (Å²) < 4.78 is 26.9. The van der Waals surface area contributed by atoms with E-state index in [0.29, 0.717) is 11.5 Å². The molecule has 0 heterocycles. The number of anilines is 1. The van der Waals surface area contributed by atoms with Crippen LogP contribution in [-0.2, 0) is 0 Å². The van der Waals surface area contributed by atoms with Crippen LogP contribution in [0.15, 0.2) is 42.5 Å². The van der Waals surface area contributed by atoms with Crippen LogP contribution >= 0.6 is 0 Å². The first-order valence-electron chi connectivity index (χ1n) is 6.79. The van der Waals surface area contributed by atoms with Crippen LogP contribution in [0.1, 0.15) is 43.9 Å². The predicted octanol–water partition coefficient (Wildman–Crippen LogP) is 5.26. The highest BCUT2D eigenvalue weighted by atomic mass is 19.1. The van der Waals surface area contributed by atoms with Gasteiger partial charge in [0.15, 0.2) is 0 Å². The molecule has 2 aromatic rings. The molecule has 20 heavy (non-hydrogen) atoms. The van der Waals surface area contributed by atoms with Crippen LogP contribution in [0.5, 0.6) is 0 Å². The zero-order valence-electron chi connectivity index (χ0n) is 12.0. The van der Waals surface area contributed by atoms with Gasteiger partial charge in [-0.1, -0.05) is 26.0 Å². The molecule has 0 radical (unpaired) electrons. The van der Waals surface area contributed by atoms with Crippen LogP contribution in [0.4, 0.5) is 14.5 Å². The number of hydrogen-bond acceptors (Lipinski definition) is 1. The zero-order valence-corrected chi connectivity index (χ0v) is 12.0. The van der Waals surface area contributed by atoms with Gasteiger partial charge in [-0.25, -0.2) is 8.78 Å². The Morgan fingerprint density at radius 3 is 2.40 bits per heavy atom. The zero-order chi connectivity index (χ0) is 14.7. The first-order valence-corrected chi connectivity index (χ1v) is 6.79. The average molecular weight is 275 g/mol. The molecule has 106 valence electrons. The van der Waals surface area contributed by atoms with Crippen molar-refractivity contribution >= 4 is 5.69 Å². The van der Waals surface area contributed by atoms with E-state index in [1.54, 1.807) is 0 Å². The molecule has 0 aliphatic heterocycles. The predicted molar refractivity (Wildman–Crippen MR) is 78.9 cm³/mol. The third kappa shape index (κ3) is 3.35. The Balaban J connectivity index is 2.21. The molecular weight excluding hydrogens is 256 g/mol. The van der Waals surface area contributed by atoms with Gasteiger partial charge in [-0.3, -0.25) is 0 Å². The summed E-state index contributed by atoms with van der Waals surface area (Å²) in [5.74, 6) is -0.393. The minimum Gasteiger partial charge on any atom is -0.378 e. The van der Waals surface area contributed by atoms with Gasteiger partial charge in [0.1, 0.15) is 11.6 Å². The molecule has 0 fully saturated rings. The molecule has 0 aliphatic carbocycles. The second kappa shape index (κ2) is 6.04. The van der Waals surface area contributed by atoms with Crippen molar-refractivity contribution in [2.75, 3.05) is 5.32 Å². The molecule has 1 atom stereocenters. The van der Waals surface area contributed by atoms with E-state index in [9.17, 15) is 8.78 Å². The van der Waals surface area contributed by atoms with Crippen LogP contribution in [0, 0.1) is 11.6 Å². The largest absolute Gasteiger partial charge is 0.378 e. The Morgan fingerprint density at radius 1 is 0.950 bits per heavy atom. The van der Waals surface area contributed by atoms with Crippen molar-refractivity contribution in [2.24, 2.45) is 0 Å². The second-order valence-electron chi connectivity index (χ2n) is 5.31. The molecule has 1 N–H and O–H groups in total. The van der Waals surface area contributed by atoms with Gasteiger partial charge in [0.05, 0.1) is 6.04 Å². The molecule has 0 spiro atoms. The van der Waals surface area contributed by atoms with E-state index in [1.807, 2.05) is 25.1 Å². The fourth-order valence-electron chi connectivity index (χ4n) is 2.16. The molecule has 2 rings (SSSR count). The smallest absolute Gasteiger partial charge is 0.128 e. The van der Waals surface area contributed by atoms with Crippen LogP contribution in [0.25, 0.3) is 0 Å². The maximum absolute atomic E-state index is 13.7. The van der Waals surface area contributed by atoms with Crippen molar-refractivity contribution in [3.05, 3.63) is 65.2 Å². The summed E-state index contributed by atoms with van der Waals surface area (Å²) in [6.07, 6.45) is 0. The maximum Gasteiger partial charge on any atom is 0.128 e. The molecule has 2 aromatic carbocycles. The van der Waals surface area contributed by atoms with E-state index in [0.717, 1.165) is 17.8 Å². The molecule has 0 saturated heterocycles. The highest BCUT2D eigenvalue weighted by molar-refractivity contribution is 5.48. The summed E-state index contributed by atoms with van der Waals surface area (Å²) in [7, 11) is 0. The van der Waals surface area contributed by atoms with Gasteiger partial charge in [-0.05, 0) is 48.7 Å². The standard InChI is InChI=1S/C17H19F2N/c1-11(2)13-5-4-6-15(9-13)20-12(3)16-10-14(18)7-8-17(16)19/h4-12,20H,1-3H3. The number of nitrogens with one attached hydrogen (secondary N) is 1. The number of benzene rings is 2. The van der Waals surface area contributed by atoms with Crippen LogP contribution in [0.3, 0.4) is 0 Å².